The molecule has 0 spiro atoms. The molecule has 0 aliphatic heterocycles. The Kier molecular flexibility index (Phi) is 4.37. The van der Waals surface area contributed by atoms with Crippen molar-refractivity contribution in [1.82, 2.24) is 9.78 Å². The van der Waals surface area contributed by atoms with E-state index in [-0.39, 0.29) is 6.61 Å². The molecule has 0 aliphatic carbocycles. The highest BCUT2D eigenvalue weighted by Gasteiger charge is 2.05. The number of aryl methyl sites for hydroxylation is 2. The monoisotopic (exact) mass is 290 g/mol. The van der Waals surface area contributed by atoms with Crippen LogP contribution >= 0.6 is 0 Å². The van der Waals surface area contributed by atoms with Crippen molar-refractivity contribution in [2.75, 3.05) is 0 Å². The van der Waals surface area contributed by atoms with Gasteiger partial charge < -0.3 is 9.84 Å². The Labute approximate surface area is 121 Å². The van der Waals surface area contributed by atoms with Crippen LogP contribution in [0, 0.1) is 12.7 Å². The summed E-state index contributed by atoms with van der Waals surface area (Å²) in [5, 5.41) is 12.8. The first kappa shape index (κ1) is 14.8. The summed E-state index contributed by atoms with van der Waals surface area (Å²) in [6, 6.07) is 5.94. The van der Waals surface area contributed by atoms with Gasteiger partial charge in [0.05, 0.1) is 11.4 Å². The Hall–Kier alpha value is -2.63. The van der Waals surface area contributed by atoms with Gasteiger partial charge in [-0.2, -0.15) is 5.10 Å². The molecular weight excluding hydrogens is 275 g/mol. The van der Waals surface area contributed by atoms with E-state index in [1.54, 1.807) is 17.8 Å². The number of aromatic nitrogens is 2. The third kappa shape index (κ3) is 4.17. The summed E-state index contributed by atoms with van der Waals surface area (Å²) in [5.41, 5.74) is 2.16. The Morgan fingerprint density at radius 2 is 2.19 bits per heavy atom. The Balaban J connectivity index is 2.13. The van der Waals surface area contributed by atoms with E-state index in [1.807, 2.05) is 13.0 Å². The third-order valence-electron chi connectivity index (χ3n) is 2.80. The molecule has 0 atom stereocenters. The minimum Gasteiger partial charge on any atom is -0.487 e. The molecule has 6 heteroatoms. The van der Waals surface area contributed by atoms with Gasteiger partial charge in [0.25, 0.3) is 0 Å². The number of carboxylic acid groups (broad SMARTS) is 1. The fourth-order valence-electron chi connectivity index (χ4n) is 1.89. The number of rotatable bonds is 5. The second-order valence-corrected chi connectivity index (χ2v) is 4.58. The molecule has 1 aromatic heterocycles. The molecule has 21 heavy (non-hydrogen) atoms. The van der Waals surface area contributed by atoms with E-state index in [4.69, 9.17) is 9.84 Å². The fourth-order valence-corrected chi connectivity index (χ4v) is 1.89. The van der Waals surface area contributed by atoms with Crippen molar-refractivity contribution in [3.63, 3.8) is 0 Å². The first-order valence-corrected chi connectivity index (χ1v) is 6.28. The summed E-state index contributed by atoms with van der Waals surface area (Å²) in [5.74, 6) is -1.25. The molecule has 1 N–H and O–H groups in total. The number of carboxylic acids is 1. The summed E-state index contributed by atoms with van der Waals surface area (Å²) in [6.07, 6.45) is 2.26. The van der Waals surface area contributed by atoms with Gasteiger partial charge in [0.1, 0.15) is 18.2 Å². The van der Waals surface area contributed by atoms with Crippen molar-refractivity contribution in [3.05, 3.63) is 53.1 Å². The van der Waals surface area contributed by atoms with Gasteiger partial charge >= 0.3 is 5.97 Å². The zero-order chi connectivity index (χ0) is 15.4. The van der Waals surface area contributed by atoms with Crippen LogP contribution in [0.3, 0.4) is 0 Å². The van der Waals surface area contributed by atoms with E-state index in [9.17, 15) is 9.18 Å². The third-order valence-corrected chi connectivity index (χ3v) is 2.80. The lowest BCUT2D eigenvalue weighted by atomic mass is 10.2. The SMILES string of the molecule is Cc1cc(COc2cc(F)cc(/C=C/C(=O)O)c2)n(C)n1. The van der Waals surface area contributed by atoms with Crippen molar-refractivity contribution >= 4 is 12.0 Å². The number of hydrogen-bond donors (Lipinski definition) is 1. The Bertz CT molecular complexity index is 692. The van der Waals surface area contributed by atoms with Crippen LogP contribution in [0.1, 0.15) is 17.0 Å². The summed E-state index contributed by atoms with van der Waals surface area (Å²) in [7, 11) is 1.80. The Morgan fingerprint density at radius 1 is 1.43 bits per heavy atom. The molecule has 1 aromatic carbocycles. The lowest BCUT2D eigenvalue weighted by molar-refractivity contribution is -0.131. The molecule has 0 saturated heterocycles. The zero-order valence-electron chi connectivity index (χ0n) is 11.7. The van der Waals surface area contributed by atoms with E-state index in [2.05, 4.69) is 5.10 Å². The smallest absolute Gasteiger partial charge is 0.328 e. The van der Waals surface area contributed by atoms with Crippen LogP contribution in [-0.4, -0.2) is 20.9 Å². The van der Waals surface area contributed by atoms with Crippen molar-refractivity contribution in [1.29, 1.82) is 0 Å². The van der Waals surface area contributed by atoms with E-state index in [1.165, 1.54) is 18.2 Å². The second-order valence-electron chi connectivity index (χ2n) is 4.58. The van der Waals surface area contributed by atoms with Gasteiger partial charge in [-0.3, -0.25) is 4.68 Å². The van der Waals surface area contributed by atoms with Gasteiger partial charge in [-0.15, -0.1) is 0 Å². The Morgan fingerprint density at radius 3 is 2.81 bits per heavy atom. The molecule has 0 bridgehead atoms. The van der Waals surface area contributed by atoms with Gasteiger partial charge in [0.15, 0.2) is 0 Å². The average molecular weight is 290 g/mol. The lowest BCUT2D eigenvalue weighted by Gasteiger charge is -2.07. The minimum absolute atomic E-state index is 0.253. The van der Waals surface area contributed by atoms with Gasteiger partial charge in [-0.05, 0) is 36.8 Å². The zero-order valence-corrected chi connectivity index (χ0v) is 11.7. The first-order valence-electron chi connectivity index (χ1n) is 6.28. The van der Waals surface area contributed by atoms with Crippen molar-refractivity contribution in [2.45, 2.75) is 13.5 Å². The molecule has 5 nitrogen and oxygen atoms in total. The van der Waals surface area contributed by atoms with Crippen LogP contribution in [0.4, 0.5) is 4.39 Å². The molecular formula is C15H15FN2O3. The van der Waals surface area contributed by atoms with Crippen molar-refractivity contribution < 1.29 is 19.0 Å². The summed E-state index contributed by atoms with van der Waals surface area (Å²) in [4.78, 5) is 10.5. The molecule has 0 aliphatic rings. The molecule has 0 radical (unpaired) electrons. The molecule has 0 unspecified atom stereocenters. The van der Waals surface area contributed by atoms with Crippen molar-refractivity contribution in [2.24, 2.45) is 7.05 Å². The van der Waals surface area contributed by atoms with Crippen LogP contribution in [0.25, 0.3) is 6.08 Å². The summed E-state index contributed by atoms with van der Waals surface area (Å²) < 4.78 is 20.7. The standard InChI is InChI=1S/C15H15FN2O3/c1-10-5-13(18(2)17-10)9-21-14-7-11(3-4-15(19)20)6-12(16)8-14/h3-8H,9H2,1-2H3,(H,19,20)/b4-3+. The predicted molar refractivity (Wildman–Crippen MR) is 75.3 cm³/mol. The number of aliphatic carboxylic acids is 1. The largest absolute Gasteiger partial charge is 0.487 e. The summed E-state index contributed by atoms with van der Waals surface area (Å²) in [6.45, 7) is 2.13. The van der Waals surface area contributed by atoms with E-state index >= 15 is 0 Å². The quantitative estimate of drug-likeness (QED) is 0.859. The highest BCUT2D eigenvalue weighted by molar-refractivity contribution is 5.85. The van der Waals surface area contributed by atoms with Gasteiger partial charge in [0, 0.05) is 19.2 Å². The summed E-state index contributed by atoms with van der Waals surface area (Å²) >= 11 is 0. The minimum atomic E-state index is -1.09. The molecule has 1 heterocycles. The molecule has 110 valence electrons. The highest BCUT2D eigenvalue weighted by atomic mass is 19.1. The van der Waals surface area contributed by atoms with Gasteiger partial charge in [0.2, 0.25) is 0 Å². The molecule has 0 amide bonds. The average Bonchev–Trinajstić information content (AvgIpc) is 2.72. The molecule has 0 saturated carbocycles. The van der Waals surface area contributed by atoms with Crippen LogP contribution in [-0.2, 0) is 18.4 Å². The maximum absolute atomic E-state index is 13.5. The molecule has 0 fully saturated rings. The van der Waals surface area contributed by atoms with E-state index in [0.29, 0.717) is 11.3 Å². The normalized spacial score (nSPS) is 11.0. The van der Waals surface area contributed by atoms with Crippen molar-refractivity contribution in [3.8, 4) is 5.75 Å². The molecule has 2 rings (SSSR count). The lowest BCUT2D eigenvalue weighted by Crippen LogP contribution is -2.03. The maximum Gasteiger partial charge on any atom is 0.328 e. The fraction of sp³-hybridized carbons (Fsp3) is 0.200. The van der Waals surface area contributed by atoms with Gasteiger partial charge in [-0.1, -0.05) is 0 Å². The number of benzene rings is 1. The number of hydrogen-bond acceptors (Lipinski definition) is 3. The number of carbonyl (C=O) groups is 1. The van der Waals surface area contributed by atoms with E-state index < -0.39 is 11.8 Å². The maximum atomic E-state index is 13.5. The molecule has 2 aromatic rings. The highest BCUT2D eigenvalue weighted by Crippen LogP contribution is 2.19. The number of nitrogens with zero attached hydrogens (tertiary/aromatic N) is 2. The number of ether oxygens (including phenoxy) is 1. The predicted octanol–water partition coefficient (Wildman–Crippen LogP) is 2.54. The van der Waals surface area contributed by atoms with Crippen LogP contribution < -0.4 is 4.74 Å². The van der Waals surface area contributed by atoms with Crippen LogP contribution in [0.2, 0.25) is 0 Å². The van der Waals surface area contributed by atoms with Crippen LogP contribution in [0.15, 0.2) is 30.3 Å². The van der Waals surface area contributed by atoms with E-state index in [0.717, 1.165) is 17.5 Å². The number of halogens is 1. The topological polar surface area (TPSA) is 64.3 Å². The van der Waals surface area contributed by atoms with Crippen LogP contribution in [0.5, 0.6) is 5.75 Å². The van der Waals surface area contributed by atoms with Gasteiger partial charge in [-0.25, -0.2) is 9.18 Å². The second kappa shape index (κ2) is 6.21. The first-order chi connectivity index (χ1) is 9.94.